The molecule has 0 aliphatic carbocycles. The van der Waals surface area contributed by atoms with Crippen molar-refractivity contribution in [3.63, 3.8) is 0 Å². The van der Waals surface area contributed by atoms with Crippen LogP contribution in [0.3, 0.4) is 0 Å². The van der Waals surface area contributed by atoms with Crippen LogP contribution in [0.25, 0.3) is 0 Å². The van der Waals surface area contributed by atoms with Crippen molar-refractivity contribution < 1.29 is 0 Å². The highest BCUT2D eigenvalue weighted by Gasteiger charge is 2.03. The SMILES string of the molecule is Cc1ccc(N)cc1Sc1nccc(=O)[nH]1. The number of nitrogens with two attached hydrogens (primary N) is 1. The van der Waals surface area contributed by atoms with Crippen molar-refractivity contribution in [2.24, 2.45) is 0 Å². The summed E-state index contributed by atoms with van der Waals surface area (Å²) in [5.41, 5.74) is 7.35. The third-order valence-corrected chi connectivity index (χ3v) is 3.13. The summed E-state index contributed by atoms with van der Waals surface area (Å²) in [6, 6.07) is 7.04. The molecule has 2 rings (SSSR count). The quantitative estimate of drug-likeness (QED) is 0.613. The van der Waals surface area contributed by atoms with Gasteiger partial charge in [0.05, 0.1) is 0 Å². The van der Waals surface area contributed by atoms with E-state index in [0.717, 1.165) is 10.5 Å². The third-order valence-electron chi connectivity index (χ3n) is 2.07. The van der Waals surface area contributed by atoms with Gasteiger partial charge in [-0.2, -0.15) is 0 Å². The van der Waals surface area contributed by atoms with Crippen molar-refractivity contribution in [2.75, 3.05) is 5.73 Å². The summed E-state index contributed by atoms with van der Waals surface area (Å²) in [4.78, 5) is 18.8. The maximum atomic E-state index is 11.1. The van der Waals surface area contributed by atoms with Crippen LogP contribution in [-0.2, 0) is 0 Å². The molecule has 0 spiro atoms. The average Bonchev–Trinajstić information content (AvgIpc) is 2.24. The molecule has 16 heavy (non-hydrogen) atoms. The van der Waals surface area contributed by atoms with Gasteiger partial charge >= 0.3 is 0 Å². The van der Waals surface area contributed by atoms with Gasteiger partial charge in [0, 0.05) is 22.8 Å². The number of hydrogen-bond donors (Lipinski definition) is 2. The molecule has 1 aromatic carbocycles. The van der Waals surface area contributed by atoms with E-state index in [1.54, 1.807) is 0 Å². The molecule has 1 aromatic heterocycles. The van der Waals surface area contributed by atoms with Crippen LogP contribution < -0.4 is 11.3 Å². The lowest BCUT2D eigenvalue weighted by Crippen LogP contribution is -2.05. The van der Waals surface area contributed by atoms with Crippen molar-refractivity contribution in [3.05, 3.63) is 46.4 Å². The van der Waals surface area contributed by atoms with Crippen molar-refractivity contribution in [2.45, 2.75) is 17.0 Å². The van der Waals surface area contributed by atoms with E-state index in [0.29, 0.717) is 10.8 Å². The lowest BCUT2D eigenvalue weighted by molar-refractivity contribution is 0.936. The molecule has 0 radical (unpaired) electrons. The first-order valence-electron chi connectivity index (χ1n) is 4.74. The largest absolute Gasteiger partial charge is 0.399 e. The standard InChI is InChI=1S/C11H11N3OS/c1-7-2-3-8(12)6-9(7)16-11-13-5-4-10(15)14-11/h2-6H,12H2,1H3,(H,13,14,15). The highest BCUT2D eigenvalue weighted by Crippen LogP contribution is 2.28. The van der Waals surface area contributed by atoms with E-state index in [2.05, 4.69) is 9.97 Å². The summed E-state index contributed by atoms with van der Waals surface area (Å²) in [5, 5.41) is 0.571. The number of rotatable bonds is 2. The molecule has 0 saturated carbocycles. The second-order valence-electron chi connectivity index (χ2n) is 3.37. The van der Waals surface area contributed by atoms with Gasteiger partial charge in [-0.3, -0.25) is 4.79 Å². The molecule has 0 aliphatic heterocycles. The number of nitrogen functional groups attached to an aromatic ring is 1. The van der Waals surface area contributed by atoms with Crippen molar-refractivity contribution in [1.29, 1.82) is 0 Å². The van der Waals surface area contributed by atoms with Crippen LogP contribution in [0, 0.1) is 6.92 Å². The lowest BCUT2D eigenvalue weighted by Gasteiger charge is -2.05. The average molecular weight is 233 g/mol. The van der Waals surface area contributed by atoms with Crippen LogP contribution in [0.1, 0.15) is 5.56 Å². The molecule has 0 amide bonds. The number of benzene rings is 1. The first-order valence-corrected chi connectivity index (χ1v) is 5.56. The Morgan fingerprint density at radius 3 is 2.94 bits per heavy atom. The fourth-order valence-corrected chi connectivity index (χ4v) is 2.13. The van der Waals surface area contributed by atoms with E-state index in [9.17, 15) is 4.79 Å². The van der Waals surface area contributed by atoms with Gasteiger partial charge in [0.15, 0.2) is 5.16 Å². The summed E-state index contributed by atoms with van der Waals surface area (Å²) < 4.78 is 0. The normalized spacial score (nSPS) is 10.3. The third kappa shape index (κ3) is 2.43. The minimum atomic E-state index is -0.154. The fraction of sp³-hybridized carbons (Fsp3) is 0.0909. The first kappa shape index (κ1) is 10.8. The number of aryl methyl sites for hydroxylation is 1. The van der Waals surface area contributed by atoms with E-state index in [1.165, 1.54) is 24.0 Å². The van der Waals surface area contributed by atoms with Gasteiger partial charge in [-0.15, -0.1) is 0 Å². The molecule has 0 atom stereocenters. The predicted octanol–water partition coefficient (Wildman–Crippen LogP) is 1.81. The molecule has 4 nitrogen and oxygen atoms in total. The molecular formula is C11H11N3OS. The molecule has 5 heteroatoms. The molecule has 0 saturated heterocycles. The Morgan fingerprint density at radius 2 is 2.19 bits per heavy atom. The van der Waals surface area contributed by atoms with Crippen LogP contribution in [-0.4, -0.2) is 9.97 Å². The number of nitrogens with zero attached hydrogens (tertiary/aromatic N) is 1. The van der Waals surface area contributed by atoms with Crippen LogP contribution in [0.5, 0.6) is 0 Å². The summed E-state index contributed by atoms with van der Waals surface area (Å²) >= 11 is 1.40. The van der Waals surface area contributed by atoms with E-state index in [-0.39, 0.29) is 5.56 Å². The Kier molecular flexibility index (Phi) is 2.96. The molecule has 3 N–H and O–H groups in total. The minimum absolute atomic E-state index is 0.154. The van der Waals surface area contributed by atoms with Crippen molar-refractivity contribution in [3.8, 4) is 0 Å². The molecule has 0 aliphatic rings. The minimum Gasteiger partial charge on any atom is -0.399 e. The van der Waals surface area contributed by atoms with Crippen molar-refractivity contribution >= 4 is 17.4 Å². The van der Waals surface area contributed by atoms with E-state index >= 15 is 0 Å². The molecule has 2 aromatic rings. The van der Waals surface area contributed by atoms with Crippen molar-refractivity contribution in [1.82, 2.24) is 9.97 Å². The van der Waals surface area contributed by atoms with E-state index in [1.807, 2.05) is 25.1 Å². The fourth-order valence-electron chi connectivity index (χ4n) is 1.23. The number of nitrogens with one attached hydrogen (secondary N) is 1. The number of aromatic nitrogens is 2. The van der Waals surface area contributed by atoms with E-state index in [4.69, 9.17) is 5.73 Å². The van der Waals surface area contributed by atoms with Gasteiger partial charge in [0.2, 0.25) is 0 Å². The molecule has 82 valence electrons. The van der Waals surface area contributed by atoms with Crippen LogP contribution in [0.15, 0.2) is 45.3 Å². The molecule has 0 bridgehead atoms. The molecule has 0 unspecified atom stereocenters. The predicted molar refractivity (Wildman–Crippen MR) is 64.6 cm³/mol. The number of hydrogen-bond acceptors (Lipinski definition) is 4. The zero-order chi connectivity index (χ0) is 11.5. The first-order chi connectivity index (χ1) is 7.65. The molecular weight excluding hydrogens is 222 g/mol. The summed E-state index contributed by atoms with van der Waals surface area (Å²) in [6.07, 6.45) is 1.49. The van der Waals surface area contributed by atoms with Crippen LogP contribution in [0.4, 0.5) is 5.69 Å². The Bertz CT molecular complexity index is 565. The topological polar surface area (TPSA) is 71.8 Å². The maximum Gasteiger partial charge on any atom is 0.251 e. The van der Waals surface area contributed by atoms with Gasteiger partial charge in [-0.25, -0.2) is 4.98 Å². The van der Waals surface area contributed by atoms with Crippen LogP contribution in [0.2, 0.25) is 0 Å². The Labute approximate surface area is 96.9 Å². The smallest absolute Gasteiger partial charge is 0.251 e. The Morgan fingerprint density at radius 1 is 1.38 bits per heavy atom. The highest BCUT2D eigenvalue weighted by molar-refractivity contribution is 7.99. The highest BCUT2D eigenvalue weighted by atomic mass is 32.2. The molecule has 0 fully saturated rings. The second-order valence-corrected chi connectivity index (χ2v) is 4.40. The maximum absolute atomic E-state index is 11.1. The van der Waals surface area contributed by atoms with Gasteiger partial charge in [-0.05, 0) is 24.6 Å². The number of aromatic amines is 1. The van der Waals surface area contributed by atoms with Gasteiger partial charge in [0.25, 0.3) is 5.56 Å². The summed E-state index contributed by atoms with van der Waals surface area (Å²) in [5.74, 6) is 0. The lowest BCUT2D eigenvalue weighted by atomic mass is 10.2. The zero-order valence-corrected chi connectivity index (χ0v) is 9.54. The van der Waals surface area contributed by atoms with Crippen LogP contribution >= 0.6 is 11.8 Å². The van der Waals surface area contributed by atoms with Gasteiger partial charge in [-0.1, -0.05) is 17.8 Å². The van der Waals surface area contributed by atoms with E-state index < -0.39 is 0 Å². The zero-order valence-electron chi connectivity index (χ0n) is 8.73. The number of H-pyrrole nitrogens is 1. The number of anilines is 1. The molecule has 1 heterocycles. The summed E-state index contributed by atoms with van der Waals surface area (Å²) in [7, 11) is 0. The van der Waals surface area contributed by atoms with Gasteiger partial charge in [0.1, 0.15) is 0 Å². The second kappa shape index (κ2) is 4.40. The summed E-state index contributed by atoms with van der Waals surface area (Å²) in [6.45, 7) is 1.99. The van der Waals surface area contributed by atoms with Gasteiger partial charge < -0.3 is 10.7 Å². The Hall–Kier alpha value is -1.75. The monoisotopic (exact) mass is 233 g/mol. The Balaban J connectivity index is 2.33.